The highest BCUT2D eigenvalue weighted by atomic mass is 32.2. The molecular formula is C18H27N3O2S. The van der Waals surface area contributed by atoms with Crippen LogP contribution in [0.3, 0.4) is 0 Å². The quantitative estimate of drug-likeness (QED) is 0.745. The van der Waals surface area contributed by atoms with E-state index in [-0.39, 0.29) is 11.1 Å². The summed E-state index contributed by atoms with van der Waals surface area (Å²) >= 11 is 1.33. The Kier molecular flexibility index (Phi) is 7.59. The molecule has 1 aromatic carbocycles. The summed E-state index contributed by atoms with van der Waals surface area (Å²) in [6.07, 6.45) is 0.366. The molecule has 132 valence electrons. The number of carbonyl (C=O) groups excluding carboxylic acids is 2. The third-order valence-electron chi connectivity index (χ3n) is 4.34. The molecule has 0 bridgehead atoms. The number of carbonyl (C=O) groups is 2. The normalized spacial score (nSPS) is 14.5. The van der Waals surface area contributed by atoms with Crippen LogP contribution in [0, 0.1) is 0 Å². The molecule has 1 saturated heterocycles. The van der Waals surface area contributed by atoms with E-state index in [9.17, 15) is 9.59 Å². The van der Waals surface area contributed by atoms with Crippen molar-refractivity contribution in [3.63, 3.8) is 0 Å². The molecule has 0 radical (unpaired) electrons. The van der Waals surface area contributed by atoms with Crippen LogP contribution in [0.4, 0.5) is 4.79 Å². The van der Waals surface area contributed by atoms with Crippen molar-refractivity contribution in [3.05, 3.63) is 35.4 Å². The summed E-state index contributed by atoms with van der Waals surface area (Å²) in [6, 6.07) is 8.24. The van der Waals surface area contributed by atoms with Crippen LogP contribution in [-0.4, -0.2) is 52.9 Å². The molecule has 1 N–H and O–H groups in total. The molecule has 2 rings (SSSR count). The number of nitrogens with one attached hydrogen (secondary N) is 1. The Bertz CT molecular complexity index is 561. The molecule has 24 heavy (non-hydrogen) atoms. The maximum atomic E-state index is 12.1. The smallest absolute Gasteiger partial charge is 0.281 e. The first-order chi connectivity index (χ1) is 11.6. The highest BCUT2D eigenvalue weighted by Gasteiger charge is 2.21. The lowest BCUT2D eigenvalue weighted by Gasteiger charge is -2.20. The summed E-state index contributed by atoms with van der Waals surface area (Å²) in [5, 5.41) is 3.08. The largest absolute Gasteiger partial charge is 0.352 e. The number of benzene rings is 1. The van der Waals surface area contributed by atoms with Crippen LogP contribution < -0.4 is 5.32 Å². The van der Waals surface area contributed by atoms with Crippen LogP contribution in [0.2, 0.25) is 0 Å². The molecule has 1 fully saturated rings. The molecule has 6 heteroatoms. The third-order valence-corrected chi connectivity index (χ3v) is 5.23. The van der Waals surface area contributed by atoms with Crippen molar-refractivity contribution in [2.75, 3.05) is 31.9 Å². The summed E-state index contributed by atoms with van der Waals surface area (Å²) in [5.41, 5.74) is 2.41. The lowest BCUT2D eigenvalue weighted by molar-refractivity contribution is -0.121. The van der Waals surface area contributed by atoms with Crippen LogP contribution >= 0.6 is 11.8 Å². The molecule has 1 heterocycles. The van der Waals surface area contributed by atoms with E-state index in [1.165, 1.54) is 17.3 Å². The van der Waals surface area contributed by atoms with Crippen molar-refractivity contribution in [1.29, 1.82) is 0 Å². The number of nitrogens with zero attached hydrogens (tertiary/aromatic N) is 2. The average Bonchev–Trinajstić information content (AvgIpc) is 3.01. The topological polar surface area (TPSA) is 52.7 Å². The minimum atomic E-state index is -0.00246. The van der Waals surface area contributed by atoms with Gasteiger partial charge in [-0.15, -0.1) is 0 Å². The summed E-state index contributed by atoms with van der Waals surface area (Å²) in [7, 11) is 0. The van der Waals surface area contributed by atoms with Gasteiger partial charge in [0.1, 0.15) is 0 Å². The Labute approximate surface area is 148 Å². The van der Waals surface area contributed by atoms with E-state index in [2.05, 4.69) is 36.2 Å². The highest BCUT2D eigenvalue weighted by molar-refractivity contribution is 8.13. The number of hydrogen-bond donors (Lipinski definition) is 1. The highest BCUT2D eigenvalue weighted by Crippen LogP contribution is 2.17. The average molecular weight is 350 g/mol. The Balaban J connectivity index is 1.82. The maximum absolute atomic E-state index is 12.1. The Morgan fingerprint density at radius 2 is 1.96 bits per heavy atom. The van der Waals surface area contributed by atoms with Gasteiger partial charge in [-0.25, -0.2) is 0 Å². The van der Waals surface area contributed by atoms with E-state index in [4.69, 9.17) is 0 Å². The van der Waals surface area contributed by atoms with E-state index in [1.54, 1.807) is 4.90 Å². The zero-order valence-electron chi connectivity index (χ0n) is 14.6. The van der Waals surface area contributed by atoms with Crippen LogP contribution in [-0.2, 0) is 17.9 Å². The van der Waals surface area contributed by atoms with Gasteiger partial charge in [-0.2, -0.15) is 0 Å². The summed E-state index contributed by atoms with van der Waals surface area (Å²) in [4.78, 5) is 27.7. The molecule has 1 aliphatic rings. The minimum Gasteiger partial charge on any atom is -0.352 e. The minimum absolute atomic E-state index is 0.00246. The molecule has 0 unspecified atom stereocenters. The van der Waals surface area contributed by atoms with Crippen molar-refractivity contribution in [1.82, 2.24) is 15.1 Å². The molecule has 0 spiro atoms. The van der Waals surface area contributed by atoms with E-state index in [1.807, 2.05) is 12.1 Å². The van der Waals surface area contributed by atoms with Gasteiger partial charge in [0, 0.05) is 38.4 Å². The fraction of sp³-hybridized carbons (Fsp3) is 0.556. The van der Waals surface area contributed by atoms with Gasteiger partial charge in [0.25, 0.3) is 5.24 Å². The predicted octanol–water partition coefficient (Wildman–Crippen LogP) is 2.70. The fourth-order valence-electron chi connectivity index (χ4n) is 2.72. The van der Waals surface area contributed by atoms with Gasteiger partial charge < -0.3 is 10.2 Å². The molecule has 0 aliphatic carbocycles. The summed E-state index contributed by atoms with van der Waals surface area (Å²) < 4.78 is 0. The van der Waals surface area contributed by atoms with E-state index >= 15 is 0 Å². The SMILES string of the molecule is CCN(CC)Cc1ccccc1CNC(=O)CCN1CCSC1=O. The Hall–Kier alpha value is -1.53. The van der Waals surface area contributed by atoms with Crippen molar-refractivity contribution in [2.24, 2.45) is 0 Å². The van der Waals surface area contributed by atoms with Gasteiger partial charge in [0.2, 0.25) is 5.91 Å². The second-order valence-electron chi connectivity index (χ2n) is 5.86. The van der Waals surface area contributed by atoms with Crippen molar-refractivity contribution >= 4 is 22.9 Å². The lowest BCUT2D eigenvalue weighted by Crippen LogP contribution is -2.31. The van der Waals surface area contributed by atoms with Crippen molar-refractivity contribution in [2.45, 2.75) is 33.4 Å². The first-order valence-corrected chi connectivity index (χ1v) is 9.60. The number of amides is 2. The van der Waals surface area contributed by atoms with Crippen LogP contribution in [0.25, 0.3) is 0 Å². The van der Waals surface area contributed by atoms with Crippen LogP contribution in [0.15, 0.2) is 24.3 Å². The van der Waals surface area contributed by atoms with E-state index in [0.717, 1.165) is 37.5 Å². The third kappa shape index (κ3) is 5.53. The molecule has 0 atom stereocenters. The number of hydrogen-bond acceptors (Lipinski definition) is 4. The van der Waals surface area contributed by atoms with Crippen LogP contribution in [0.5, 0.6) is 0 Å². The molecule has 2 amide bonds. The Morgan fingerprint density at radius 1 is 1.25 bits per heavy atom. The molecule has 0 saturated carbocycles. The zero-order valence-corrected chi connectivity index (χ0v) is 15.4. The monoisotopic (exact) mass is 349 g/mol. The predicted molar refractivity (Wildman–Crippen MR) is 99.0 cm³/mol. The van der Waals surface area contributed by atoms with Gasteiger partial charge in [-0.3, -0.25) is 14.5 Å². The lowest BCUT2D eigenvalue weighted by atomic mass is 10.1. The van der Waals surface area contributed by atoms with Crippen LogP contribution in [0.1, 0.15) is 31.4 Å². The van der Waals surface area contributed by atoms with Gasteiger partial charge in [-0.05, 0) is 24.2 Å². The van der Waals surface area contributed by atoms with E-state index < -0.39 is 0 Å². The van der Waals surface area contributed by atoms with Gasteiger partial charge >= 0.3 is 0 Å². The molecule has 1 aliphatic heterocycles. The number of thioether (sulfide) groups is 1. The van der Waals surface area contributed by atoms with Crippen molar-refractivity contribution < 1.29 is 9.59 Å². The first-order valence-electron chi connectivity index (χ1n) is 8.61. The maximum Gasteiger partial charge on any atom is 0.281 e. The Morgan fingerprint density at radius 3 is 2.58 bits per heavy atom. The fourth-order valence-corrected chi connectivity index (χ4v) is 3.57. The van der Waals surface area contributed by atoms with Gasteiger partial charge in [0.05, 0.1) is 0 Å². The molecular weight excluding hydrogens is 322 g/mol. The first kappa shape index (κ1) is 18.8. The second-order valence-corrected chi connectivity index (χ2v) is 6.90. The van der Waals surface area contributed by atoms with Gasteiger partial charge in [-0.1, -0.05) is 49.9 Å². The summed E-state index contributed by atoms with van der Waals surface area (Å²) in [5.74, 6) is 0.830. The standard InChI is InChI=1S/C18H27N3O2S/c1-3-20(4-2)14-16-8-6-5-7-15(16)13-19-17(22)9-10-21-11-12-24-18(21)23/h5-8H,3-4,9-14H2,1-2H3,(H,19,22). The second kappa shape index (κ2) is 9.69. The zero-order chi connectivity index (χ0) is 17.4. The molecule has 1 aromatic rings. The molecule has 5 nitrogen and oxygen atoms in total. The van der Waals surface area contributed by atoms with Gasteiger partial charge in [0.15, 0.2) is 0 Å². The number of rotatable bonds is 9. The van der Waals surface area contributed by atoms with E-state index in [0.29, 0.717) is 19.5 Å². The van der Waals surface area contributed by atoms with Crippen molar-refractivity contribution in [3.8, 4) is 0 Å². The summed E-state index contributed by atoms with van der Waals surface area (Å²) in [6.45, 7) is 9.05. The molecule has 0 aromatic heterocycles.